The number of carbonyl (C=O) groups excluding carboxylic acids is 3. The predicted octanol–water partition coefficient (Wildman–Crippen LogP) is 1.86. The first kappa shape index (κ1) is 21.5. The van der Waals surface area contributed by atoms with Crippen molar-refractivity contribution in [2.45, 2.75) is 63.8 Å². The molecule has 5 fully saturated rings. The molecule has 0 spiro atoms. The summed E-state index contributed by atoms with van der Waals surface area (Å²) in [5.74, 6) is 2.38. The average molecular weight is 442 g/mol. The third kappa shape index (κ3) is 4.55. The van der Waals surface area contributed by atoms with Gasteiger partial charge in [-0.15, -0.1) is 0 Å². The van der Waals surface area contributed by atoms with E-state index in [1.54, 1.807) is 29.0 Å². The molecule has 32 heavy (non-hydrogen) atoms. The molecule has 0 aromatic carbocycles. The van der Waals surface area contributed by atoms with Crippen LogP contribution < -0.4 is 10.6 Å². The van der Waals surface area contributed by atoms with Crippen LogP contribution in [0.25, 0.3) is 0 Å². The molecule has 1 aromatic heterocycles. The zero-order chi connectivity index (χ0) is 22.3. The van der Waals surface area contributed by atoms with Gasteiger partial charge in [0.15, 0.2) is 0 Å². The summed E-state index contributed by atoms with van der Waals surface area (Å²) < 4.78 is 1.60. The number of aromatic nitrogens is 2. The summed E-state index contributed by atoms with van der Waals surface area (Å²) in [7, 11) is 1.78. The molecule has 8 heteroatoms. The van der Waals surface area contributed by atoms with Gasteiger partial charge in [0.25, 0.3) is 5.91 Å². The Morgan fingerprint density at radius 3 is 2.25 bits per heavy atom. The van der Waals surface area contributed by atoms with E-state index >= 15 is 0 Å². The first-order valence-corrected chi connectivity index (χ1v) is 12.2. The average Bonchev–Trinajstić information content (AvgIpc) is 3.18. The standard InChI is InChI=1S/C24H35N5O3/c1-28-15-19(13-26-28)23(32)27-20-2-4-29(5-3-20)22(31)14-25-21(30)12-24-9-16-6-17(10-24)8-18(7-16)11-24/h13,15-18,20H,2-12,14H2,1H3,(H,25,30)(H,27,32). The van der Waals surface area contributed by atoms with E-state index in [-0.39, 0.29) is 35.7 Å². The minimum atomic E-state index is -0.125. The van der Waals surface area contributed by atoms with Gasteiger partial charge in [0.1, 0.15) is 0 Å². The maximum absolute atomic E-state index is 12.7. The van der Waals surface area contributed by atoms with Crippen LogP contribution in [0.5, 0.6) is 0 Å². The number of amides is 3. The molecule has 4 bridgehead atoms. The van der Waals surface area contributed by atoms with Crippen molar-refractivity contribution in [2.24, 2.45) is 30.2 Å². The second-order valence-corrected chi connectivity index (χ2v) is 10.9. The van der Waals surface area contributed by atoms with E-state index < -0.39 is 0 Å². The van der Waals surface area contributed by atoms with Crippen molar-refractivity contribution in [3.05, 3.63) is 18.0 Å². The first-order chi connectivity index (χ1) is 15.4. The molecule has 1 saturated heterocycles. The Hall–Kier alpha value is -2.38. The van der Waals surface area contributed by atoms with Crippen molar-refractivity contribution in [2.75, 3.05) is 19.6 Å². The van der Waals surface area contributed by atoms with Crippen LogP contribution >= 0.6 is 0 Å². The summed E-state index contributed by atoms with van der Waals surface area (Å²) >= 11 is 0. The number of hydrogen-bond donors (Lipinski definition) is 2. The Kier molecular flexibility index (Phi) is 5.72. The highest BCUT2D eigenvalue weighted by molar-refractivity contribution is 5.93. The second-order valence-electron chi connectivity index (χ2n) is 10.9. The zero-order valence-electron chi connectivity index (χ0n) is 19.0. The summed E-state index contributed by atoms with van der Waals surface area (Å²) in [5, 5.41) is 9.97. The molecule has 4 aliphatic carbocycles. The lowest BCUT2D eigenvalue weighted by molar-refractivity contribution is -0.136. The highest BCUT2D eigenvalue weighted by atomic mass is 16.2. The molecule has 2 N–H and O–H groups in total. The van der Waals surface area contributed by atoms with Crippen LogP contribution in [-0.2, 0) is 16.6 Å². The molecule has 6 rings (SSSR count). The number of nitrogens with zero attached hydrogens (tertiary/aromatic N) is 3. The van der Waals surface area contributed by atoms with Crippen LogP contribution in [0, 0.1) is 23.2 Å². The molecular weight excluding hydrogens is 406 g/mol. The first-order valence-electron chi connectivity index (χ1n) is 12.2. The molecule has 8 nitrogen and oxygen atoms in total. The number of likely N-dealkylation sites (tertiary alicyclic amines) is 1. The van der Waals surface area contributed by atoms with Gasteiger partial charge < -0.3 is 15.5 Å². The largest absolute Gasteiger partial charge is 0.349 e. The maximum atomic E-state index is 12.7. The van der Waals surface area contributed by atoms with Crippen LogP contribution in [0.1, 0.15) is 68.1 Å². The van der Waals surface area contributed by atoms with Gasteiger partial charge in [-0.2, -0.15) is 5.10 Å². The third-order valence-electron chi connectivity index (χ3n) is 8.29. The monoisotopic (exact) mass is 441 g/mol. The van der Waals surface area contributed by atoms with E-state index in [1.165, 1.54) is 38.5 Å². The number of aryl methyl sites for hydroxylation is 1. The molecule has 0 atom stereocenters. The van der Waals surface area contributed by atoms with E-state index in [1.807, 2.05) is 0 Å². The van der Waals surface area contributed by atoms with E-state index in [9.17, 15) is 14.4 Å². The molecule has 5 aliphatic rings. The Bertz CT molecular complexity index is 851. The van der Waals surface area contributed by atoms with Gasteiger partial charge in [0.2, 0.25) is 11.8 Å². The summed E-state index contributed by atoms with van der Waals surface area (Å²) in [6.45, 7) is 1.28. The number of rotatable bonds is 6. The Balaban J connectivity index is 1.04. The van der Waals surface area contributed by atoms with Gasteiger partial charge in [0.05, 0.1) is 18.3 Å². The highest BCUT2D eigenvalue weighted by Crippen LogP contribution is 2.61. The summed E-state index contributed by atoms with van der Waals surface area (Å²) in [6.07, 6.45) is 13.0. The minimum Gasteiger partial charge on any atom is -0.349 e. The van der Waals surface area contributed by atoms with Crippen LogP contribution in [-0.4, -0.2) is 58.1 Å². The second kappa shape index (κ2) is 8.52. The van der Waals surface area contributed by atoms with Crippen LogP contribution in [0.4, 0.5) is 0 Å². The van der Waals surface area contributed by atoms with Gasteiger partial charge >= 0.3 is 0 Å². The van der Waals surface area contributed by atoms with Gasteiger partial charge in [-0.3, -0.25) is 19.1 Å². The molecule has 1 aromatic rings. The van der Waals surface area contributed by atoms with E-state index in [2.05, 4.69) is 15.7 Å². The van der Waals surface area contributed by atoms with Crippen LogP contribution in [0.15, 0.2) is 12.4 Å². The molecule has 4 saturated carbocycles. The summed E-state index contributed by atoms with van der Waals surface area (Å²) in [6, 6.07) is 0.0532. The van der Waals surface area contributed by atoms with Gasteiger partial charge in [-0.1, -0.05) is 0 Å². The van der Waals surface area contributed by atoms with Crippen molar-refractivity contribution in [3.8, 4) is 0 Å². The fourth-order valence-electron chi connectivity index (χ4n) is 7.28. The molecule has 1 aliphatic heterocycles. The number of nitrogens with one attached hydrogen (secondary N) is 2. The lowest BCUT2D eigenvalue weighted by Crippen LogP contribution is -2.50. The highest BCUT2D eigenvalue weighted by Gasteiger charge is 2.51. The van der Waals surface area contributed by atoms with Gasteiger partial charge in [-0.25, -0.2) is 0 Å². The topological polar surface area (TPSA) is 96.3 Å². The maximum Gasteiger partial charge on any atom is 0.254 e. The van der Waals surface area contributed by atoms with Crippen molar-refractivity contribution in [1.29, 1.82) is 0 Å². The van der Waals surface area contributed by atoms with Crippen molar-refractivity contribution in [3.63, 3.8) is 0 Å². The predicted molar refractivity (Wildman–Crippen MR) is 119 cm³/mol. The lowest BCUT2D eigenvalue weighted by atomic mass is 9.49. The molecule has 0 unspecified atom stereocenters. The van der Waals surface area contributed by atoms with E-state index in [0.717, 1.165) is 30.6 Å². The van der Waals surface area contributed by atoms with Crippen molar-refractivity contribution in [1.82, 2.24) is 25.3 Å². The number of hydrogen-bond acceptors (Lipinski definition) is 4. The third-order valence-corrected chi connectivity index (χ3v) is 8.29. The van der Waals surface area contributed by atoms with E-state index in [4.69, 9.17) is 0 Å². The number of carbonyl (C=O) groups is 3. The Morgan fingerprint density at radius 2 is 1.69 bits per heavy atom. The smallest absolute Gasteiger partial charge is 0.254 e. The van der Waals surface area contributed by atoms with Crippen LogP contribution in [0.2, 0.25) is 0 Å². The molecular formula is C24H35N5O3. The summed E-state index contributed by atoms with van der Waals surface area (Å²) in [4.78, 5) is 39.4. The fraction of sp³-hybridized carbons (Fsp3) is 0.750. The van der Waals surface area contributed by atoms with Gasteiger partial charge in [-0.05, 0) is 74.5 Å². The quantitative estimate of drug-likeness (QED) is 0.704. The lowest BCUT2D eigenvalue weighted by Gasteiger charge is -2.56. The Labute approximate surface area is 189 Å². The van der Waals surface area contributed by atoms with Crippen molar-refractivity contribution >= 4 is 17.7 Å². The van der Waals surface area contributed by atoms with Crippen molar-refractivity contribution < 1.29 is 14.4 Å². The van der Waals surface area contributed by atoms with Crippen LogP contribution in [0.3, 0.4) is 0 Å². The molecule has 3 amide bonds. The van der Waals surface area contributed by atoms with E-state index in [0.29, 0.717) is 25.1 Å². The van der Waals surface area contributed by atoms with Gasteiger partial charge in [0, 0.05) is 38.8 Å². The minimum absolute atomic E-state index is 0.0269. The molecule has 2 heterocycles. The zero-order valence-corrected chi connectivity index (χ0v) is 19.0. The normalized spacial score (nSPS) is 31.5. The summed E-state index contributed by atoms with van der Waals surface area (Å²) in [5.41, 5.74) is 0.750. The molecule has 0 radical (unpaired) electrons. The fourth-order valence-corrected chi connectivity index (χ4v) is 7.28. The number of piperidine rings is 1. The Morgan fingerprint density at radius 1 is 1.06 bits per heavy atom. The SMILES string of the molecule is Cn1cc(C(=O)NC2CCN(C(=O)CNC(=O)CC34CC5CC(CC(C5)C3)C4)CC2)cn1. The molecule has 174 valence electrons.